The molecule has 0 aromatic carbocycles. The Morgan fingerprint density at radius 1 is 1.04 bits per heavy atom. The van der Waals surface area contributed by atoms with Gasteiger partial charge in [-0.1, -0.05) is 6.42 Å². The SMILES string of the molecule is Cc1nc(CN2CCCC(c3nnc(CN4CCCCC4)n3C)C2)co1. The lowest BCUT2D eigenvalue weighted by molar-refractivity contribution is 0.192. The van der Waals surface area contributed by atoms with E-state index >= 15 is 0 Å². The van der Waals surface area contributed by atoms with Gasteiger partial charge in [-0.15, -0.1) is 10.2 Å². The summed E-state index contributed by atoms with van der Waals surface area (Å²) in [5.74, 6) is 3.43. The third-order valence-electron chi connectivity index (χ3n) is 5.74. The molecule has 7 nitrogen and oxygen atoms in total. The van der Waals surface area contributed by atoms with Crippen molar-refractivity contribution in [1.82, 2.24) is 29.5 Å². The molecule has 2 aromatic rings. The number of nitrogens with zero attached hydrogens (tertiary/aromatic N) is 6. The quantitative estimate of drug-likeness (QED) is 0.818. The van der Waals surface area contributed by atoms with Gasteiger partial charge in [0.15, 0.2) is 5.89 Å². The summed E-state index contributed by atoms with van der Waals surface area (Å²) in [5, 5.41) is 9.10. The van der Waals surface area contributed by atoms with Crippen LogP contribution in [0.4, 0.5) is 0 Å². The predicted octanol–water partition coefficient (Wildman–Crippen LogP) is 2.48. The van der Waals surface area contributed by atoms with Crippen molar-refractivity contribution in [1.29, 1.82) is 0 Å². The Labute approximate surface area is 155 Å². The van der Waals surface area contributed by atoms with Gasteiger partial charge in [-0.3, -0.25) is 9.80 Å². The van der Waals surface area contributed by atoms with Crippen LogP contribution in [-0.2, 0) is 20.1 Å². The van der Waals surface area contributed by atoms with Gasteiger partial charge in [0.1, 0.15) is 17.9 Å². The van der Waals surface area contributed by atoms with Crippen molar-refractivity contribution in [3.63, 3.8) is 0 Å². The van der Waals surface area contributed by atoms with Crippen molar-refractivity contribution in [2.45, 2.75) is 58.0 Å². The fourth-order valence-corrected chi connectivity index (χ4v) is 4.31. The fourth-order valence-electron chi connectivity index (χ4n) is 4.31. The van der Waals surface area contributed by atoms with Gasteiger partial charge in [0.2, 0.25) is 0 Å². The second-order valence-electron chi connectivity index (χ2n) is 7.80. The van der Waals surface area contributed by atoms with Crippen LogP contribution in [0, 0.1) is 6.92 Å². The molecule has 4 rings (SSSR count). The maximum Gasteiger partial charge on any atom is 0.191 e. The summed E-state index contributed by atoms with van der Waals surface area (Å²) >= 11 is 0. The minimum Gasteiger partial charge on any atom is -0.449 e. The maximum absolute atomic E-state index is 5.34. The van der Waals surface area contributed by atoms with Crippen molar-refractivity contribution in [3.05, 3.63) is 29.5 Å². The summed E-state index contributed by atoms with van der Waals surface area (Å²) in [6, 6.07) is 0. The number of aryl methyl sites for hydroxylation is 1. The summed E-state index contributed by atoms with van der Waals surface area (Å²) in [5.41, 5.74) is 1.02. The Balaban J connectivity index is 1.40. The number of aromatic nitrogens is 4. The van der Waals surface area contributed by atoms with E-state index in [2.05, 4.69) is 36.6 Å². The third kappa shape index (κ3) is 3.99. The number of hydrogen-bond donors (Lipinski definition) is 0. The third-order valence-corrected chi connectivity index (χ3v) is 5.74. The summed E-state index contributed by atoms with van der Waals surface area (Å²) in [6.07, 6.45) is 8.13. The molecule has 2 saturated heterocycles. The molecule has 2 aliphatic rings. The highest BCUT2D eigenvalue weighted by molar-refractivity contribution is 5.05. The molecule has 0 N–H and O–H groups in total. The van der Waals surface area contributed by atoms with Crippen LogP contribution in [0.1, 0.15) is 61.3 Å². The molecule has 0 saturated carbocycles. The lowest BCUT2D eigenvalue weighted by Crippen LogP contribution is -2.35. The first kappa shape index (κ1) is 17.7. The average molecular weight is 358 g/mol. The minimum atomic E-state index is 0.448. The van der Waals surface area contributed by atoms with Gasteiger partial charge in [-0.25, -0.2) is 4.98 Å². The van der Waals surface area contributed by atoms with Crippen LogP contribution < -0.4 is 0 Å². The Morgan fingerprint density at radius 3 is 2.62 bits per heavy atom. The van der Waals surface area contributed by atoms with Crippen molar-refractivity contribution < 1.29 is 4.42 Å². The molecular weight excluding hydrogens is 328 g/mol. The largest absolute Gasteiger partial charge is 0.449 e. The van der Waals surface area contributed by atoms with E-state index in [-0.39, 0.29) is 0 Å². The Bertz CT molecular complexity index is 717. The number of piperidine rings is 2. The first-order valence-electron chi connectivity index (χ1n) is 9.93. The molecule has 26 heavy (non-hydrogen) atoms. The number of likely N-dealkylation sites (tertiary alicyclic amines) is 2. The predicted molar refractivity (Wildman–Crippen MR) is 98.6 cm³/mol. The highest BCUT2D eigenvalue weighted by Crippen LogP contribution is 2.27. The fraction of sp³-hybridized carbons (Fsp3) is 0.737. The summed E-state index contributed by atoms with van der Waals surface area (Å²) in [6.45, 7) is 8.19. The first-order chi connectivity index (χ1) is 12.7. The molecule has 1 atom stereocenters. The van der Waals surface area contributed by atoms with E-state index in [4.69, 9.17) is 4.42 Å². The molecule has 0 amide bonds. The van der Waals surface area contributed by atoms with E-state index in [1.54, 1.807) is 6.26 Å². The Hall–Kier alpha value is -1.73. The van der Waals surface area contributed by atoms with Crippen molar-refractivity contribution in [2.24, 2.45) is 7.05 Å². The molecule has 0 aliphatic carbocycles. The first-order valence-corrected chi connectivity index (χ1v) is 9.93. The molecule has 0 bridgehead atoms. The van der Waals surface area contributed by atoms with E-state index < -0.39 is 0 Å². The van der Waals surface area contributed by atoms with Gasteiger partial charge < -0.3 is 8.98 Å². The van der Waals surface area contributed by atoms with Crippen LogP contribution in [0.15, 0.2) is 10.7 Å². The summed E-state index contributed by atoms with van der Waals surface area (Å²) in [4.78, 5) is 9.42. The van der Waals surface area contributed by atoms with E-state index in [0.29, 0.717) is 5.92 Å². The number of hydrogen-bond acceptors (Lipinski definition) is 6. The number of oxazole rings is 1. The second kappa shape index (κ2) is 7.88. The van der Waals surface area contributed by atoms with E-state index in [1.165, 1.54) is 45.2 Å². The molecule has 142 valence electrons. The molecule has 7 heteroatoms. The van der Waals surface area contributed by atoms with Crippen LogP contribution in [0.25, 0.3) is 0 Å². The van der Waals surface area contributed by atoms with Gasteiger partial charge in [-0.2, -0.15) is 0 Å². The lowest BCUT2D eigenvalue weighted by Gasteiger charge is -2.31. The van der Waals surface area contributed by atoms with Crippen molar-refractivity contribution in [2.75, 3.05) is 26.2 Å². The van der Waals surface area contributed by atoms with Crippen molar-refractivity contribution >= 4 is 0 Å². The monoisotopic (exact) mass is 358 g/mol. The van der Waals surface area contributed by atoms with Crippen LogP contribution in [0.3, 0.4) is 0 Å². The van der Waals surface area contributed by atoms with Gasteiger partial charge in [0.25, 0.3) is 0 Å². The molecule has 1 unspecified atom stereocenters. The van der Waals surface area contributed by atoms with E-state index in [1.807, 2.05) is 6.92 Å². The highest BCUT2D eigenvalue weighted by Gasteiger charge is 2.27. The van der Waals surface area contributed by atoms with Crippen LogP contribution >= 0.6 is 0 Å². The zero-order valence-corrected chi connectivity index (χ0v) is 16.0. The normalized spacial score (nSPS) is 22.8. The molecule has 0 radical (unpaired) electrons. The maximum atomic E-state index is 5.34. The van der Waals surface area contributed by atoms with E-state index in [9.17, 15) is 0 Å². The number of rotatable bonds is 5. The van der Waals surface area contributed by atoms with Gasteiger partial charge in [0.05, 0.1) is 12.2 Å². The van der Waals surface area contributed by atoms with Crippen LogP contribution in [0.2, 0.25) is 0 Å². The lowest BCUT2D eigenvalue weighted by atomic mass is 9.97. The second-order valence-corrected chi connectivity index (χ2v) is 7.80. The standard InChI is InChI=1S/C19H30N6O/c1-15-20-17(14-26-15)12-25-10-6-7-16(11-25)19-22-21-18(23(19)2)13-24-8-4-3-5-9-24/h14,16H,3-13H2,1-2H3. The molecular formula is C19H30N6O. The smallest absolute Gasteiger partial charge is 0.191 e. The van der Waals surface area contributed by atoms with E-state index in [0.717, 1.165) is 49.4 Å². The minimum absolute atomic E-state index is 0.448. The molecule has 2 aliphatic heterocycles. The zero-order chi connectivity index (χ0) is 17.9. The average Bonchev–Trinajstić information content (AvgIpc) is 3.22. The highest BCUT2D eigenvalue weighted by atomic mass is 16.3. The van der Waals surface area contributed by atoms with Crippen molar-refractivity contribution in [3.8, 4) is 0 Å². The summed E-state index contributed by atoms with van der Waals surface area (Å²) in [7, 11) is 2.13. The Kier molecular flexibility index (Phi) is 5.36. The molecule has 2 fully saturated rings. The molecule has 4 heterocycles. The van der Waals surface area contributed by atoms with Crippen LogP contribution in [0.5, 0.6) is 0 Å². The molecule has 2 aromatic heterocycles. The Morgan fingerprint density at radius 2 is 1.85 bits per heavy atom. The van der Waals surface area contributed by atoms with Gasteiger partial charge in [0, 0.05) is 33.0 Å². The van der Waals surface area contributed by atoms with Gasteiger partial charge in [-0.05, 0) is 45.3 Å². The molecule has 0 spiro atoms. The zero-order valence-electron chi connectivity index (χ0n) is 16.0. The van der Waals surface area contributed by atoms with Gasteiger partial charge >= 0.3 is 0 Å². The summed E-state index contributed by atoms with van der Waals surface area (Å²) < 4.78 is 7.58. The topological polar surface area (TPSA) is 63.2 Å². The van der Waals surface area contributed by atoms with Crippen LogP contribution in [-0.4, -0.2) is 55.7 Å².